The molecule has 0 bridgehead atoms. The molecule has 1 aliphatic heterocycles. The van der Waals surface area contributed by atoms with Crippen LogP contribution >= 0.6 is 0 Å². The molecule has 0 radical (unpaired) electrons. The summed E-state index contributed by atoms with van der Waals surface area (Å²) < 4.78 is 10.5. The van der Waals surface area contributed by atoms with Crippen LogP contribution in [0.4, 0.5) is 10.5 Å². The maximum Gasteiger partial charge on any atom is 0.407 e. The van der Waals surface area contributed by atoms with Crippen molar-refractivity contribution in [3.05, 3.63) is 42.0 Å². The number of aromatic nitrogens is 4. The second-order valence-electron chi connectivity index (χ2n) is 9.60. The van der Waals surface area contributed by atoms with Crippen molar-refractivity contribution < 1.29 is 19.1 Å². The van der Waals surface area contributed by atoms with Crippen LogP contribution in [-0.2, 0) is 9.47 Å². The van der Waals surface area contributed by atoms with Crippen molar-refractivity contribution in [2.45, 2.75) is 32.6 Å². The third-order valence-corrected chi connectivity index (χ3v) is 6.78. The molecule has 5 rings (SSSR count). The first-order valence-corrected chi connectivity index (χ1v) is 13.6. The highest BCUT2D eigenvalue weighted by Crippen LogP contribution is 2.29. The molecular formula is C28H35N7O4. The Morgan fingerprint density at radius 3 is 2.67 bits per heavy atom. The molecule has 2 amide bonds. The van der Waals surface area contributed by atoms with Gasteiger partial charge in [0.2, 0.25) is 0 Å². The molecule has 4 N–H and O–H groups in total. The number of carbonyl (C=O) groups excluding carboxylic acids is 2. The summed E-state index contributed by atoms with van der Waals surface area (Å²) in [7, 11) is 0. The van der Waals surface area contributed by atoms with E-state index >= 15 is 0 Å². The fraction of sp³-hybridized carbons (Fsp3) is 0.429. The number of ether oxygens (including phenoxy) is 2. The predicted octanol–water partition coefficient (Wildman–Crippen LogP) is 3.98. The average molecular weight is 534 g/mol. The lowest BCUT2D eigenvalue weighted by Crippen LogP contribution is -2.36. The molecule has 39 heavy (non-hydrogen) atoms. The zero-order chi connectivity index (χ0) is 27.0. The van der Waals surface area contributed by atoms with Crippen molar-refractivity contribution >= 4 is 39.6 Å². The summed E-state index contributed by atoms with van der Waals surface area (Å²) in [5.74, 6) is 0.490. The van der Waals surface area contributed by atoms with E-state index in [2.05, 4.69) is 42.8 Å². The van der Waals surface area contributed by atoms with E-state index in [1.54, 1.807) is 6.07 Å². The van der Waals surface area contributed by atoms with Gasteiger partial charge in [0.25, 0.3) is 5.91 Å². The number of hydrogen-bond acceptors (Lipinski definition) is 7. The van der Waals surface area contributed by atoms with Gasteiger partial charge in [0.15, 0.2) is 5.82 Å². The summed E-state index contributed by atoms with van der Waals surface area (Å²) in [5.41, 5.74) is 4.97. The van der Waals surface area contributed by atoms with Gasteiger partial charge in [-0.2, -0.15) is 5.10 Å². The van der Waals surface area contributed by atoms with Crippen LogP contribution in [0.5, 0.6) is 0 Å². The Labute approximate surface area is 226 Å². The maximum absolute atomic E-state index is 12.8. The molecule has 1 saturated heterocycles. The van der Waals surface area contributed by atoms with Crippen LogP contribution in [0, 0.1) is 0 Å². The normalized spacial score (nSPS) is 13.6. The molecule has 11 nitrogen and oxygen atoms in total. The molecule has 0 atom stereocenters. The van der Waals surface area contributed by atoms with Gasteiger partial charge < -0.3 is 30.0 Å². The molecule has 11 heteroatoms. The smallest absolute Gasteiger partial charge is 0.407 e. The fourth-order valence-electron chi connectivity index (χ4n) is 4.57. The Kier molecular flexibility index (Phi) is 8.57. The summed E-state index contributed by atoms with van der Waals surface area (Å²) in [4.78, 5) is 34.8. The molecular weight excluding hydrogens is 498 g/mol. The van der Waals surface area contributed by atoms with Crippen molar-refractivity contribution in [1.29, 1.82) is 0 Å². The van der Waals surface area contributed by atoms with E-state index in [4.69, 9.17) is 14.5 Å². The lowest BCUT2D eigenvalue weighted by Gasteiger charge is -2.28. The number of unbranched alkanes of at least 4 members (excludes halogenated alkanes) is 2. The molecule has 0 unspecified atom stereocenters. The maximum atomic E-state index is 12.8. The SMILES string of the molecule is CCCCOC(=O)NCCCCNC(=O)c1ccc2[nH]nc(-c3nc4ccc(N5CCOCC5)cc4[nH]3)c2c1. The minimum absolute atomic E-state index is 0.157. The zero-order valence-corrected chi connectivity index (χ0v) is 22.2. The second kappa shape index (κ2) is 12.6. The van der Waals surface area contributed by atoms with Crippen molar-refractivity contribution in [3.8, 4) is 11.5 Å². The Bertz CT molecular complexity index is 1420. The molecule has 1 aliphatic rings. The monoisotopic (exact) mass is 533 g/mol. The molecule has 0 spiro atoms. The number of H-pyrrole nitrogens is 2. The Hall–Kier alpha value is -4.12. The quantitative estimate of drug-likeness (QED) is 0.214. The predicted molar refractivity (Wildman–Crippen MR) is 150 cm³/mol. The van der Waals surface area contributed by atoms with Crippen LogP contribution in [-0.4, -0.2) is 78.2 Å². The molecule has 3 heterocycles. The first-order valence-electron chi connectivity index (χ1n) is 13.6. The van der Waals surface area contributed by atoms with Crippen molar-refractivity contribution in [2.24, 2.45) is 0 Å². The van der Waals surface area contributed by atoms with Gasteiger partial charge in [0.05, 0.1) is 36.4 Å². The van der Waals surface area contributed by atoms with Crippen molar-refractivity contribution in [3.63, 3.8) is 0 Å². The first-order chi connectivity index (χ1) is 19.1. The molecule has 1 fully saturated rings. The highest BCUT2D eigenvalue weighted by atomic mass is 16.5. The Morgan fingerprint density at radius 2 is 1.85 bits per heavy atom. The van der Waals surface area contributed by atoms with Gasteiger partial charge in [-0.05, 0) is 55.7 Å². The minimum Gasteiger partial charge on any atom is -0.450 e. The number of hydrogen-bond donors (Lipinski definition) is 4. The number of rotatable bonds is 11. The summed E-state index contributed by atoms with van der Waals surface area (Å²) in [6.45, 7) is 6.70. The third kappa shape index (κ3) is 6.48. The average Bonchev–Trinajstić information content (AvgIpc) is 3.58. The van der Waals surface area contributed by atoms with E-state index in [9.17, 15) is 9.59 Å². The summed E-state index contributed by atoms with van der Waals surface area (Å²) >= 11 is 0. The van der Waals surface area contributed by atoms with Gasteiger partial charge in [-0.1, -0.05) is 13.3 Å². The van der Waals surface area contributed by atoms with Gasteiger partial charge in [0.1, 0.15) is 5.69 Å². The molecule has 2 aromatic carbocycles. The number of imidazole rings is 1. The largest absolute Gasteiger partial charge is 0.450 e. The van der Waals surface area contributed by atoms with Gasteiger partial charge >= 0.3 is 6.09 Å². The summed E-state index contributed by atoms with van der Waals surface area (Å²) in [6.07, 6.45) is 2.94. The van der Waals surface area contributed by atoms with E-state index in [1.807, 2.05) is 25.1 Å². The van der Waals surface area contributed by atoms with Crippen LogP contribution in [0.2, 0.25) is 0 Å². The number of morpholine rings is 1. The standard InChI is InChI=1S/C28H35N7O4/c1-2-3-14-39-28(37)30-11-5-4-10-29-27(36)19-6-8-22-21(17-19)25(34-33-22)26-31-23-9-7-20(18-24(23)32-26)35-12-15-38-16-13-35/h6-9,17-18H,2-5,10-16H2,1H3,(H,29,36)(H,30,37)(H,31,32)(H,33,34). The fourth-order valence-corrected chi connectivity index (χ4v) is 4.57. The summed E-state index contributed by atoms with van der Waals surface area (Å²) in [5, 5.41) is 14.0. The number of nitrogens with zero attached hydrogens (tertiary/aromatic N) is 3. The molecule has 0 saturated carbocycles. The van der Waals surface area contributed by atoms with Crippen LogP contribution in [0.3, 0.4) is 0 Å². The Morgan fingerprint density at radius 1 is 1.03 bits per heavy atom. The zero-order valence-electron chi connectivity index (χ0n) is 22.2. The van der Waals surface area contributed by atoms with Crippen molar-refractivity contribution in [1.82, 2.24) is 30.8 Å². The number of amides is 2. The number of aromatic amines is 2. The molecule has 2 aromatic heterocycles. The number of carbonyl (C=O) groups is 2. The molecule has 206 valence electrons. The van der Waals surface area contributed by atoms with E-state index in [1.165, 1.54) is 0 Å². The van der Waals surface area contributed by atoms with Crippen LogP contribution in [0.15, 0.2) is 36.4 Å². The van der Waals surface area contributed by atoms with Crippen LogP contribution in [0.25, 0.3) is 33.5 Å². The van der Waals surface area contributed by atoms with E-state index in [0.717, 1.165) is 79.6 Å². The Balaban J connectivity index is 1.19. The van der Waals surface area contributed by atoms with E-state index in [0.29, 0.717) is 36.8 Å². The third-order valence-electron chi connectivity index (χ3n) is 6.78. The lowest BCUT2D eigenvalue weighted by atomic mass is 10.1. The van der Waals surface area contributed by atoms with Gasteiger partial charge in [-0.15, -0.1) is 0 Å². The molecule has 4 aromatic rings. The van der Waals surface area contributed by atoms with E-state index < -0.39 is 6.09 Å². The lowest BCUT2D eigenvalue weighted by molar-refractivity contribution is 0.0952. The number of fused-ring (bicyclic) bond motifs is 2. The number of benzene rings is 2. The van der Waals surface area contributed by atoms with Crippen molar-refractivity contribution in [2.75, 3.05) is 50.9 Å². The highest BCUT2D eigenvalue weighted by molar-refractivity contribution is 6.01. The summed E-state index contributed by atoms with van der Waals surface area (Å²) in [6, 6.07) is 11.7. The van der Waals surface area contributed by atoms with Crippen LogP contribution in [0.1, 0.15) is 43.0 Å². The molecule has 0 aliphatic carbocycles. The van der Waals surface area contributed by atoms with Crippen LogP contribution < -0.4 is 15.5 Å². The first kappa shape index (κ1) is 26.5. The van der Waals surface area contributed by atoms with E-state index in [-0.39, 0.29) is 5.91 Å². The second-order valence-corrected chi connectivity index (χ2v) is 9.60. The topological polar surface area (TPSA) is 137 Å². The van der Waals surface area contributed by atoms with Gasteiger partial charge in [-0.3, -0.25) is 9.89 Å². The number of alkyl carbamates (subject to hydrolysis) is 1. The van der Waals surface area contributed by atoms with Gasteiger partial charge in [-0.25, -0.2) is 9.78 Å². The highest BCUT2D eigenvalue weighted by Gasteiger charge is 2.17. The minimum atomic E-state index is -0.390. The number of nitrogens with one attached hydrogen (secondary N) is 4. The number of anilines is 1. The van der Waals surface area contributed by atoms with Gasteiger partial charge in [0, 0.05) is 42.8 Å².